The smallest absolute Gasteiger partial charge is 0.191 e. The van der Waals surface area contributed by atoms with Crippen LogP contribution in [-0.2, 0) is 6.54 Å². The zero-order valence-corrected chi connectivity index (χ0v) is 13.8. The van der Waals surface area contributed by atoms with Crippen molar-refractivity contribution < 1.29 is 0 Å². The first-order valence-electron chi connectivity index (χ1n) is 5.59. The molecule has 2 rings (SSSR count). The summed E-state index contributed by atoms with van der Waals surface area (Å²) in [5, 5.41) is 0. The number of nitrogens with two attached hydrogens (primary N) is 1. The van der Waals surface area contributed by atoms with Gasteiger partial charge in [0.2, 0.25) is 0 Å². The first-order valence-corrected chi connectivity index (χ1v) is 8.33. The van der Waals surface area contributed by atoms with Gasteiger partial charge in [0.15, 0.2) is 5.96 Å². The number of hydrogen-bond acceptors (Lipinski definition) is 3. The fourth-order valence-corrected chi connectivity index (χ4v) is 3.73. The Morgan fingerprint density at radius 2 is 1.94 bits per heavy atom. The van der Waals surface area contributed by atoms with E-state index in [0.717, 1.165) is 39.1 Å². The van der Waals surface area contributed by atoms with Gasteiger partial charge in [0.05, 0.1) is 6.54 Å². The Morgan fingerprint density at radius 3 is 2.56 bits per heavy atom. The number of rotatable bonds is 2. The van der Waals surface area contributed by atoms with E-state index in [-0.39, 0.29) is 0 Å². The van der Waals surface area contributed by atoms with Crippen LogP contribution in [0.4, 0.5) is 0 Å². The van der Waals surface area contributed by atoms with Crippen molar-refractivity contribution >= 4 is 49.6 Å². The van der Waals surface area contributed by atoms with E-state index in [2.05, 4.69) is 46.7 Å². The molecule has 2 heterocycles. The molecule has 4 nitrogen and oxygen atoms in total. The van der Waals surface area contributed by atoms with Crippen molar-refractivity contribution in [1.29, 1.82) is 0 Å². The number of halogens is 2. The van der Waals surface area contributed by atoms with Gasteiger partial charge in [-0.15, -0.1) is 0 Å². The molecule has 1 aliphatic rings. The van der Waals surface area contributed by atoms with Crippen LogP contribution in [0.15, 0.2) is 26.3 Å². The highest BCUT2D eigenvalue weighted by Gasteiger charge is 2.12. The average Bonchev–Trinajstić information content (AvgIpc) is 2.39. The Hall–Kier alpha value is -0.270. The normalized spacial score (nSPS) is 17.0. The highest BCUT2D eigenvalue weighted by Crippen LogP contribution is 2.24. The molecule has 1 fully saturated rings. The van der Waals surface area contributed by atoms with Crippen molar-refractivity contribution in [2.75, 3.05) is 24.6 Å². The lowest BCUT2D eigenvalue weighted by Crippen LogP contribution is -2.42. The van der Waals surface area contributed by atoms with E-state index >= 15 is 0 Å². The van der Waals surface area contributed by atoms with Gasteiger partial charge >= 0.3 is 0 Å². The van der Waals surface area contributed by atoms with Gasteiger partial charge in [-0.25, -0.2) is 4.99 Å². The molecule has 0 atom stereocenters. The molecule has 98 valence electrons. The van der Waals surface area contributed by atoms with Gasteiger partial charge in [0.1, 0.15) is 0 Å². The molecule has 1 aliphatic heterocycles. The maximum absolute atomic E-state index is 6.02. The maximum Gasteiger partial charge on any atom is 0.191 e. The van der Waals surface area contributed by atoms with Crippen LogP contribution in [0.3, 0.4) is 0 Å². The lowest BCUT2D eigenvalue weighted by molar-refractivity contribution is 0.455. The third kappa shape index (κ3) is 3.61. The number of hydrogen-bond donors (Lipinski definition) is 1. The molecule has 1 saturated heterocycles. The Kier molecular flexibility index (Phi) is 5.32. The quantitative estimate of drug-likeness (QED) is 0.619. The zero-order chi connectivity index (χ0) is 13.0. The predicted molar refractivity (Wildman–Crippen MR) is 83.9 cm³/mol. The fraction of sp³-hybridized carbons (Fsp3) is 0.455. The van der Waals surface area contributed by atoms with Crippen LogP contribution in [0.25, 0.3) is 0 Å². The van der Waals surface area contributed by atoms with Crippen LogP contribution in [0, 0.1) is 0 Å². The maximum atomic E-state index is 6.02. The lowest BCUT2D eigenvalue weighted by Gasteiger charge is -2.27. The van der Waals surface area contributed by atoms with Crippen molar-refractivity contribution in [3.8, 4) is 0 Å². The summed E-state index contributed by atoms with van der Waals surface area (Å²) in [6, 6.07) is 0. The molecule has 0 aromatic carbocycles. The van der Waals surface area contributed by atoms with E-state index in [0.29, 0.717) is 12.5 Å². The molecule has 0 bridgehead atoms. The zero-order valence-electron chi connectivity index (χ0n) is 9.77. The highest BCUT2D eigenvalue weighted by atomic mass is 79.9. The largest absolute Gasteiger partial charge is 0.370 e. The van der Waals surface area contributed by atoms with E-state index in [9.17, 15) is 0 Å². The summed E-state index contributed by atoms with van der Waals surface area (Å²) < 4.78 is 1.89. The summed E-state index contributed by atoms with van der Waals surface area (Å²) >= 11 is 8.91. The van der Waals surface area contributed by atoms with Crippen LogP contribution in [0.2, 0.25) is 0 Å². The van der Waals surface area contributed by atoms with Crippen molar-refractivity contribution in [3.63, 3.8) is 0 Å². The van der Waals surface area contributed by atoms with Gasteiger partial charge in [-0.1, -0.05) is 0 Å². The number of thioether (sulfide) groups is 1. The van der Waals surface area contributed by atoms with Crippen molar-refractivity contribution in [2.45, 2.75) is 6.54 Å². The Labute approximate surface area is 128 Å². The van der Waals surface area contributed by atoms with E-state index < -0.39 is 0 Å². The predicted octanol–water partition coefficient (Wildman–Crippen LogP) is 2.47. The topological polar surface area (TPSA) is 54.5 Å². The Balaban J connectivity index is 2.05. The van der Waals surface area contributed by atoms with E-state index in [1.165, 1.54) is 0 Å². The number of nitrogens with zero attached hydrogens (tertiary/aromatic N) is 3. The molecule has 7 heteroatoms. The SMILES string of the molecule is NC(=NCc1c(Br)cncc1Br)N1CCSCC1. The minimum atomic E-state index is 0.555. The molecule has 1 aromatic rings. The van der Waals surface area contributed by atoms with E-state index in [4.69, 9.17) is 5.73 Å². The van der Waals surface area contributed by atoms with Gasteiger partial charge in [-0.05, 0) is 31.9 Å². The molecule has 0 radical (unpaired) electrons. The van der Waals surface area contributed by atoms with Crippen molar-refractivity contribution in [1.82, 2.24) is 9.88 Å². The second kappa shape index (κ2) is 6.77. The minimum absolute atomic E-state index is 0.555. The fourth-order valence-electron chi connectivity index (χ4n) is 1.64. The number of aliphatic imine (C=N–C) groups is 1. The summed E-state index contributed by atoms with van der Waals surface area (Å²) in [4.78, 5) is 10.7. The average molecular weight is 394 g/mol. The van der Waals surface area contributed by atoms with Crippen molar-refractivity contribution in [3.05, 3.63) is 26.9 Å². The van der Waals surface area contributed by atoms with Gasteiger partial charge < -0.3 is 10.6 Å². The van der Waals surface area contributed by atoms with Gasteiger partial charge in [0, 0.05) is 51.5 Å². The molecule has 0 aliphatic carbocycles. The first-order chi connectivity index (χ1) is 8.68. The summed E-state index contributed by atoms with van der Waals surface area (Å²) in [7, 11) is 0. The molecule has 0 saturated carbocycles. The summed E-state index contributed by atoms with van der Waals surface area (Å²) in [6.07, 6.45) is 3.53. The van der Waals surface area contributed by atoms with Crippen LogP contribution in [0.1, 0.15) is 5.56 Å². The summed E-state index contributed by atoms with van der Waals surface area (Å²) in [5.74, 6) is 2.88. The molecular formula is C11H14Br2N4S. The second-order valence-electron chi connectivity index (χ2n) is 3.86. The van der Waals surface area contributed by atoms with Crippen molar-refractivity contribution in [2.24, 2.45) is 10.7 Å². The summed E-state index contributed by atoms with van der Waals surface area (Å²) in [6.45, 7) is 2.52. The van der Waals surface area contributed by atoms with E-state index in [1.54, 1.807) is 12.4 Å². The monoisotopic (exact) mass is 392 g/mol. The number of guanidine groups is 1. The molecule has 0 spiro atoms. The second-order valence-corrected chi connectivity index (χ2v) is 6.79. The van der Waals surface area contributed by atoms with Crippen LogP contribution >= 0.6 is 43.6 Å². The third-order valence-electron chi connectivity index (χ3n) is 2.69. The number of pyridine rings is 1. The van der Waals surface area contributed by atoms with Crippen LogP contribution in [0.5, 0.6) is 0 Å². The van der Waals surface area contributed by atoms with Gasteiger partial charge in [-0.3, -0.25) is 4.98 Å². The Morgan fingerprint density at radius 1 is 1.33 bits per heavy atom. The minimum Gasteiger partial charge on any atom is -0.370 e. The molecular weight excluding hydrogens is 380 g/mol. The Bertz CT molecular complexity index is 426. The molecule has 0 amide bonds. The lowest BCUT2D eigenvalue weighted by atomic mass is 10.3. The summed E-state index contributed by atoms with van der Waals surface area (Å²) in [5.41, 5.74) is 7.09. The highest BCUT2D eigenvalue weighted by molar-refractivity contribution is 9.11. The van der Waals surface area contributed by atoms with Crippen LogP contribution in [-0.4, -0.2) is 40.4 Å². The molecule has 2 N–H and O–H groups in total. The molecule has 1 aromatic heterocycles. The van der Waals surface area contributed by atoms with Gasteiger partial charge in [0.25, 0.3) is 0 Å². The van der Waals surface area contributed by atoms with Gasteiger partial charge in [-0.2, -0.15) is 11.8 Å². The third-order valence-corrected chi connectivity index (χ3v) is 5.00. The molecule has 0 unspecified atom stereocenters. The number of aromatic nitrogens is 1. The van der Waals surface area contributed by atoms with E-state index in [1.807, 2.05) is 11.8 Å². The first kappa shape index (κ1) is 14.1. The molecule has 18 heavy (non-hydrogen) atoms. The standard InChI is InChI=1S/C11H14Br2N4S/c12-9-6-15-7-10(13)8(9)5-16-11(14)17-1-3-18-4-2-17/h6-7H,1-5H2,(H2,14,16). The van der Waals surface area contributed by atoms with Crippen LogP contribution < -0.4 is 5.73 Å².